The lowest BCUT2D eigenvalue weighted by Crippen LogP contribution is -1.66. The van der Waals surface area contributed by atoms with Crippen LogP contribution in [0.5, 0.6) is 11.5 Å². The highest BCUT2D eigenvalue weighted by Gasteiger charge is 2.00. The van der Waals surface area contributed by atoms with Gasteiger partial charge in [-0.15, -0.1) is 0 Å². The van der Waals surface area contributed by atoms with Crippen molar-refractivity contribution in [2.45, 2.75) is 13.8 Å². The predicted octanol–water partition coefficient (Wildman–Crippen LogP) is 2.47. The molecule has 0 radical (unpaired) electrons. The number of hydrogen-bond acceptors (Lipinski definition) is 3. The zero-order valence-corrected chi connectivity index (χ0v) is 12.6. The first kappa shape index (κ1) is 19.1. The van der Waals surface area contributed by atoms with E-state index in [1.165, 1.54) is 11.1 Å². The van der Waals surface area contributed by atoms with Crippen LogP contribution in [0.4, 0.5) is 0 Å². The van der Waals surface area contributed by atoms with E-state index in [0.717, 1.165) is 0 Å². The molecule has 0 spiro atoms. The number of phosphoric acid groups is 1. The molecule has 2 aromatic rings. The van der Waals surface area contributed by atoms with Gasteiger partial charge in [0.25, 0.3) is 0 Å². The van der Waals surface area contributed by atoms with Gasteiger partial charge in [-0.25, -0.2) is 4.57 Å². The molecule has 21 heavy (non-hydrogen) atoms. The summed E-state index contributed by atoms with van der Waals surface area (Å²) >= 11 is 0. The molecule has 0 saturated carbocycles. The smallest absolute Gasteiger partial charge is 0.466 e. The maximum absolute atomic E-state index is 8.88. The minimum absolute atomic E-state index is 0.329. The van der Waals surface area contributed by atoms with Crippen molar-refractivity contribution in [3.05, 3.63) is 59.7 Å². The largest absolute Gasteiger partial charge is 0.508 e. The molecule has 116 valence electrons. The molecule has 0 aliphatic rings. The van der Waals surface area contributed by atoms with Crippen LogP contribution in [-0.2, 0) is 4.57 Å². The lowest BCUT2D eigenvalue weighted by atomic mass is 10.2. The van der Waals surface area contributed by atoms with Crippen LogP contribution >= 0.6 is 7.82 Å². The highest BCUT2D eigenvalue weighted by Crippen LogP contribution is 2.25. The summed E-state index contributed by atoms with van der Waals surface area (Å²) in [7, 11) is -4.64. The summed E-state index contributed by atoms with van der Waals surface area (Å²) in [4.78, 5) is 21.6. The van der Waals surface area contributed by atoms with Gasteiger partial charge in [0.1, 0.15) is 11.5 Å². The number of phenolic OH excluding ortho intramolecular Hbond substituents is 2. The molecule has 0 amide bonds. The molecule has 0 atom stereocenters. The van der Waals surface area contributed by atoms with Crippen LogP contribution < -0.4 is 0 Å². The SMILES string of the molecule is Cc1ccc(O)cc1.Cc1ccc(O)cc1.O=P(O)(O)O. The molecular formula is C14H19O6P. The molecule has 0 heterocycles. The Kier molecular flexibility index (Phi) is 8.35. The minimum Gasteiger partial charge on any atom is -0.508 e. The quantitative estimate of drug-likeness (QED) is 0.477. The summed E-state index contributed by atoms with van der Waals surface area (Å²) in [5.41, 5.74) is 2.34. The van der Waals surface area contributed by atoms with E-state index in [0.29, 0.717) is 11.5 Å². The maximum atomic E-state index is 8.88. The summed E-state index contributed by atoms with van der Waals surface area (Å²) in [5, 5.41) is 17.5. The lowest BCUT2D eigenvalue weighted by molar-refractivity contribution is 0.275. The van der Waals surface area contributed by atoms with Crippen molar-refractivity contribution >= 4 is 7.82 Å². The summed E-state index contributed by atoms with van der Waals surface area (Å²) in [6, 6.07) is 14.2. The fourth-order valence-electron chi connectivity index (χ4n) is 1.09. The van der Waals surface area contributed by atoms with Crippen molar-refractivity contribution in [1.82, 2.24) is 0 Å². The molecule has 2 rings (SSSR count). The summed E-state index contributed by atoms with van der Waals surface area (Å²) in [5.74, 6) is 0.659. The normalized spacial score (nSPS) is 9.76. The Morgan fingerprint density at radius 2 is 0.857 bits per heavy atom. The van der Waals surface area contributed by atoms with E-state index in [1.54, 1.807) is 24.3 Å². The van der Waals surface area contributed by atoms with E-state index in [1.807, 2.05) is 38.1 Å². The fraction of sp³-hybridized carbons (Fsp3) is 0.143. The Labute approximate surface area is 123 Å². The third kappa shape index (κ3) is 14.4. The summed E-state index contributed by atoms with van der Waals surface area (Å²) in [6.45, 7) is 3.97. The predicted molar refractivity (Wildman–Crippen MR) is 80.0 cm³/mol. The van der Waals surface area contributed by atoms with Gasteiger partial charge in [-0.3, -0.25) is 0 Å². The van der Waals surface area contributed by atoms with E-state index in [9.17, 15) is 0 Å². The van der Waals surface area contributed by atoms with Gasteiger partial charge < -0.3 is 24.9 Å². The highest BCUT2D eigenvalue weighted by atomic mass is 31.2. The molecule has 6 nitrogen and oxygen atoms in total. The number of phenols is 2. The van der Waals surface area contributed by atoms with Gasteiger partial charge >= 0.3 is 7.82 Å². The molecule has 5 N–H and O–H groups in total. The zero-order chi connectivity index (χ0) is 16.5. The molecule has 0 bridgehead atoms. The number of rotatable bonds is 0. The fourth-order valence-corrected chi connectivity index (χ4v) is 1.09. The van der Waals surface area contributed by atoms with Crippen molar-refractivity contribution in [1.29, 1.82) is 0 Å². The van der Waals surface area contributed by atoms with E-state index in [2.05, 4.69) is 0 Å². The molecule has 0 fully saturated rings. The number of aromatic hydroxyl groups is 2. The summed E-state index contributed by atoms with van der Waals surface area (Å²) in [6.07, 6.45) is 0. The van der Waals surface area contributed by atoms with Crippen molar-refractivity contribution < 1.29 is 29.5 Å². The first-order chi connectivity index (χ1) is 9.58. The van der Waals surface area contributed by atoms with E-state index >= 15 is 0 Å². The summed E-state index contributed by atoms with van der Waals surface area (Å²) < 4.78 is 8.88. The molecule has 0 aromatic heterocycles. The molecule has 7 heteroatoms. The first-order valence-corrected chi connectivity index (χ1v) is 7.44. The Bertz CT molecular complexity index is 465. The minimum atomic E-state index is -4.64. The monoisotopic (exact) mass is 314 g/mol. The van der Waals surface area contributed by atoms with E-state index in [4.69, 9.17) is 29.5 Å². The van der Waals surface area contributed by atoms with Crippen molar-refractivity contribution in [2.24, 2.45) is 0 Å². The van der Waals surface area contributed by atoms with Gasteiger partial charge in [0.2, 0.25) is 0 Å². The Morgan fingerprint density at radius 3 is 1.00 bits per heavy atom. The van der Waals surface area contributed by atoms with Crippen molar-refractivity contribution in [3.63, 3.8) is 0 Å². The average molecular weight is 314 g/mol. The maximum Gasteiger partial charge on any atom is 0.466 e. The Balaban J connectivity index is 0.000000296. The third-order valence-corrected chi connectivity index (χ3v) is 2.07. The molecule has 0 saturated heterocycles. The van der Waals surface area contributed by atoms with Crippen LogP contribution in [-0.4, -0.2) is 24.9 Å². The van der Waals surface area contributed by atoms with Gasteiger partial charge in [-0.1, -0.05) is 35.4 Å². The second kappa shape index (κ2) is 9.15. The van der Waals surface area contributed by atoms with Crippen molar-refractivity contribution in [3.8, 4) is 11.5 Å². The zero-order valence-electron chi connectivity index (χ0n) is 11.7. The average Bonchev–Trinajstić information content (AvgIpc) is 2.35. The number of aryl methyl sites for hydroxylation is 2. The lowest BCUT2D eigenvalue weighted by Gasteiger charge is -1.89. The van der Waals surface area contributed by atoms with Crippen LogP contribution in [0.25, 0.3) is 0 Å². The van der Waals surface area contributed by atoms with Crippen LogP contribution in [0.2, 0.25) is 0 Å². The Morgan fingerprint density at radius 1 is 0.667 bits per heavy atom. The van der Waals surface area contributed by atoms with Crippen LogP contribution in [0, 0.1) is 13.8 Å². The Hall–Kier alpha value is -1.85. The number of hydrogen-bond donors (Lipinski definition) is 5. The molecular weight excluding hydrogens is 295 g/mol. The standard InChI is InChI=1S/2C7H8O.H3O4P/c2*1-6-2-4-7(8)5-3-6;1-5(2,3)4/h2*2-5,8H,1H3;(H3,1,2,3,4). The van der Waals surface area contributed by atoms with Crippen LogP contribution in [0.3, 0.4) is 0 Å². The van der Waals surface area contributed by atoms with Crippen LogP contribution in [0.1, 0.15) is 11.1 Å². The topological polar surface area (TPSA) is 118 Å². The van der Waals surface area contributed by atoms with Gasteiger partial charge in [0.15, 0.2) is 0 Å². The van der Waals surface area contributed by atoms with Crippen molar-refractivity contribution in [2.75, 3.05) is 0 Å². The van der Waals surface area contributed by atoms with Gasteiger partial charge in [0.05, 0.1) is 0 Å². The molecule has 0 unspecified atom stereocenters. The molecule has 0 aliphatic carbocycles. The van der Waals surface area contributed by atoms with Crippen LogP contribution in [0.15, 0.2) is 48.5 Å². The highest BCUT2D eigenvalue weighted by molar-refractivity contribution is 7.45. The number of benzene rings is 2. The van der Waals surface area contributed by atoms with Gasteiger partial charge in [-0.2, -0.15) is 0 Å². The van der Waals surface area contributed by atoms with Gasteiger partial charge in [0, 0.05) is 0 Å². The van der Waals surface area contributed by atoms with Gasteiger partial charge in [-0.05, 0) is 38.1 Å². The molecule has 2 aromatic carbocycles. The van der Waals surface area contributed by atoms with E-state index < -0.39 is 7.82 Å². The third-order valence-electron chi connectivity index (χ3n) is 2.07. The molecule has 0 aliphatic heterocycles. The van der Waals surface area contributed by atoms with E-state index in [-0.39, 0.29) is 0 Å². The second-order valence-corrected chi connectivity index (χ2v) is 5.21. The first-order valence-electron chi connectivity index (χ1n) is 5.87. The second-order valence-electron chi connectivity index (χ2n) is 4.18.